The first-order chi connectivity index (χ1) is 13.0. The predicted molar refractivity (Wildman–Crippen MR) is 99.1 cm³/mol. The molecular formula is C19H26N2O6. The number of hydrogen-bond acceptors (Lipinski definition) is 6. The lowest BCUT2D eigenvalue weighted by Gasteiger charge is -2.29. The molecule has 0 bridgehead atoms. The van der Waals surface area contributed by atoms with Gasteiger partial charge in [-0.3, -0.25) is 0 Å². The van der Waals surface area contributed by atoms with Crippen molar-refractivity contribution in [1.82, 2.24) is 10.6 Å². The van der Waals surface area contributed by atoms with Gasteiger partial charge in [-0.05, 0) is 38.0 Å². The Labute approximate surface area is 158 Å². The number of hydrogen-bond donors (Lipinski definition) is 2. The van der Waals surface area contributed by atoms with Crippen molar-refractivity contribution < 1.29 is 28.5 Å². The summed E-state index contributed by atoms with van der Waals surface area (Å²) in [6.45, 7) is 6.11. The van der Waals surface area contributed by atoms with Crippen LogP contribution in [0.25, 0.3) is 0 Å². The fourth-order valence-corrected chi connectivity index (χ4v) is 2.95. The summed E-state index contributed by atoms with van der Waals surface area (Å²) in [6.07, 6.45) is 0.476. The normalized spacial score (nSPS) is 16.3. The maximum Gasteiger partial charge on any atom is 0.338 e. The molecule has 0 aromatic heterocycles. The highest BCUT2D eigenvalue weighted by molar-refractivity contribution is 5.95. The maximum absolute atomic E-state index is 12.6. The summed E-state index contributed by atoms with van der Waals surface area (Å²) in [5.74, 6) is 0.864. The van der Waals surface area contributed by atoms with Crippen molar-refractivity contribution in [2.24, 2.45) is 0 Å². The predicted octanol–water partition coefficient (Wildman–Crippen LogP) is 2.68. The average Bonchev–Trinajstić information content (AvgIpc) is 2.67. The lowest BCUT2D eigenvalue weighted by Crippen LogP contribution is -2.45. The van der Waals surface area contributed by atoms with Crippen molar-refractivity contribution in [3.63, 3.8) is 0 Å². The Balaban J connectivity index is 2.62. The summed E-state index contributed by atoms with van der Waals surface area (Å²) < 4.78 is 21.7. The van der Waals surface area contributed by atoms with Gasteiger partial charge in [-0.25, -0.2) is 9.59 Å². The standard InChI is InChI=1S/C19H26N2O6/c1-6-12-15(18(22)27-8-3)16(21-19(23)20-12)11-9-13(24-4)17(26-7-2)14(10-11)25-5/h9-10,16H,6-8H2,1-5H3,(H2,20,21,23). The number of nitrogens with one attached hydrogen (secondary N) is 2. The summed E-state index contributed by atoms with van der Waals surface area (Å²) in [5, 5.41) is 5.47. The van der Waals surface area contributed by atoms with Crippen LogP contribution < -0.4 is 24.8 Å². The Kier molecular flexibility index (Phi) is 6.92. The van der Waals surface area contributed by atoms with Crippen molar-refractivity contribution in [3.05, 3.63) is 29.0 Å². The van der Waals surface area contributed by atoms with E-state index in [0.717, 1.165) is 0 Å². The van der Waals surface area contributed by atoms with Gasteiger partial charge in [-0.2, -0.15) is 0 Å². The Morgan fingerprint density at radius 2 is 1.70 bits per heavy atom. The van der Waals surface area contributed by atoms with Crippen LogP contribution in [-0.2, 0) is 9.53 Å². The van der Waals surface area contributed by atoms with Gasteiger partial charge in [0.1, 0.15) is 0 Å². The molecule has 0 spiro atoms. The fourth-order valence-electron chi connectivity index (χ4n) is 2.95. The van der Waals surface area contributed by atoms with E-state index in [0.29, 0.717) is 47.1 Å². The van der Waals surface area contributed by atoms with Gasteiger partial charge in [-0.15, -0.1) is 0 Å². The molecule has 1 aliphatic heterocycles. The Morgan fingerprint density at radius 1 is 1.07 bits per heavy atom. The molecule has 1 aromatic rings. The van der Waals surface area contributed by atoms with Crippen LogP contribution in [0.3, 0.4) is 0 Å². The zero-order valence-electron chi connectivity index (χ0n) is 16.3. The van der Waals surface area contributed by atoms with Gasteiger partial charge in [-0.1, -0.05) is 6.92 Å². The molecule has 1 unspecified atom stereocenters. The van der Waals surface area contributed by atoms with Crippen LogP contribution in [0.1, 0.15) is 38.8 Å². The molecule has 1 aromatic carbocycles. The number of methoxy groups -OCH3 is 2. The lowest BCUT2D eigenvalue weighted by atomic mass is 9.93. The molecule has 1 heterocycles. The van der Waals surface area contributed by atoms with Gasteiger partial charge in [0, 0.05) is 5.70 Å². The Bertz CT molecular complexity index is 719. The number of allylic oxidation sites excluding steroid dienone is 1. The highest BCUT2D eigenvalue weighted by atomic mass is 16.5. The van der Waals surface area contributed by atoms with Gasteiger partial charge in [0.25, 0.3) is 0 Å². The quantitative estimate of drug-likeness (QED) is 0.676. The second-order valence-electron chi connectivity index (χ2n) is 5.69. The summed E-state index contributed by atoms with van der Waals surface area (Å²) in [5.41, 5.74) is 1.50. The number of carbonyl (C=O) groups excluding carboxylic acids is 2. The van der Waals surface area contributed by atoms with Crippen molar-refractivity contribution in [2.45, 2.75) is 33.2 Å². The van der Waals surface area contributed by atoms with E-state index in [1.807, 2.05) is 13.8 Å². The topological polar surface area (TPSA) is 95.1 Å². The highest BCUT2D eigenvalue weighted by Gasteiger charge is 2.34. The summed E-state index contributed by atoms with van der Waals surface area (Å²) >= 11 is 0. The van der Waals surface area contributed by atoms with Crippen molar-refractivity contribution in [3.8, 4) is 17.2 Å². The molecule has 8 nitrogen and oxygen atoms in total. The lowest BCUT2D eigenvalue weighted by molar-refractivity contribution is -0.139. The van der Waals surface area contributed by atoms with Crippen molar-refractivity contribution in [1.29, 1.82) is 0 Å². The van der Waals surface area contributed by atoms with E-state index in [-0.39, 0.29) is 6.61 Å². The molecule has 2 N–H and O–H groups in total. The molecule has 1 atom stereocenters. The molecule has 1 aliphatic rings. The monoisotopic (exact) mass is 378 g/mol. The minimum Gasteiger partial charge on any atom is -0.493 e. The molecule has 27 heavy (non-hydrogen) atoms. The van der Waals surface area contributed by atoms with Crippen LogP contribution in [-0.4, -0.2) is 39.4 Å². The summed E-state index contributed by atoms with van der Waals surface area (Å²) in [7, 11) is 3.03. The number of urea groups is 1. The first kappa shape index (κ1) is 20.4. The van der Waals surface area contributed by atoms with Crippen LogP contribution >= 0.6 is 0 Å². The van der Waals surface area contributed by atoms with Gasteiger partial charge in [0.05, 0.1) is 39.0 Å². The first-order valence-corrected chi connectivity index (χ1v) is 8.86. The van der Waals surface area contributed by atoms with Gasteiger partial charge >= 0.3 is 12.0 Å². The third-order valence-corrected chi connectivity index (χ3v) is 4.11. The van der Waals surface area contributed by atoms with E-state index in [2.05, 4.69) is 10.6 Å². The molecule has 148 valence electrons. The minimum absolute atomic E-state index is 0.232. The molecular weight excluding hydrogens is 352 g/mol. The Morgan fingerprint density at radius 3 is 2.19 bits per heavy atom. The molecule has 0 saturated carbocycles. The van der Waals surface area contributed by atoms with Gasteiger partial charge in [0.2, 0.25) is 5.75 Å². The van der Waals surface area contributed by atoms with Crippen LogP contribution in [0.15, 0.2) is 23.4 Å². The van der Waals surface area contributed by atoms with Crippen molar-refractivity contribution in [2.75, 3.05) is 27.4 Å². The number of esters is 1. The average molecular weight is 378 g/mol. The maximum atomic E-state index is 12.6. The number of benzene rings is 1. The molecule has 0 fully saturated rings. The van der Waals surface area contributed by atoms with Crippen LogP contribution in [0.2, 0.25) is 0 Å². The van der Waals surface area contributed by atoms with Crippen LogP contribution in [0.4, 0.5) is 4.79 Å². The van der Waals surface area contributed by atoms with E-state index in [4.69, 9.17) is 18.9 Å². The largest absolute Gasteiger partial charge is 0.493 e. The smallest absolute Gasteiger partial charge is 0.338 e. The SMILES string of the molecule is CCOC(=O)C1=C(CC)NC(=O)NC1c1cc(OC)c(OCC)c(OC)c1. The fraction of sp³-hybridized carbons (Fsp3) is 0.474. The van der Waals surface area contributed by atoms with E-state index < -0.39 is 18.0 Å². The summed E-state index contributed by atoms with van der Waals surface area (Å²) in [4.78, 5) is 24.7. The number of carbonyl (C=O) groups is 2. The second kappa shape index (κ2) is 9.16. The van der Waals surface area contributed by atoms with Crippen LogP contribution in [0, 0.1) is 0 Å². The number of rotatable bonds is 8. The number of ether oxygens (including phenoxy) is 4. The third kappa shape index (κ3) is 4.27. The van der Waals surface area contributed by atoms with E-state index in [1.54, 1.807) is 19.1 Å². The molecule has 2 rings (SSSR count). The zero-order chi connectivity index (χ0) is 20.0. The van der Waals surface area contributed by atoms with Gasteiger partial charge in [0.15, 0.2) is 11.5 Å². The second-order valence-corrected chi connectivity index (χ2v) is 5.69. The van der Waals surface area contributed by atoms with E-state index in [1.165, 1.54) is 14.2 Å². The van der Waals surface area contributed by atoms with E-state index in [9.17, 15) is 9.59 Å². The minimum atomic E-state index is -0.703. The molecule has 0 radical (unpaired) electrons. The van der Waals surface area contributed by atoms with Crippen molar-refractivity contribution >= 4 is 12.0 Å². The first-order valence-electron chi connectivity index (χ1n) is 8.86. The Hall–Kier alpha value is -2.90. The molecule has 2 amide bonds. The van der Waals surface area contributed by atoms with E-state index >= 15 is 0 Å². The summed E-state index contributed by atoms with van der Waals surface area (Å²) in [6, 6.07) is 2.34. The highest BCUT2D eigenvalue weighted by Crippen LogP contribution is 2.42. The van der Waals surface area contributed by atoms with Crippen LogP contribution in [0.5, 0.6) is 17.2 Å². The number of amides is 2. The van der Waals surface area contributed by atoms with Gasteiger partial charge < -0.3 is 29.6 Å². The molecule has 0 aliphatic carbocycles. The zero-order valence-corrected chi connectivity index (χ0v) is 16.3. The third-order valence-electron chi connectivity index (χ3n) is 4.11. The molecule has 8 heteroatoms. The molecule has 0 saturated heterocycles.